The fourth-order valence-corrected chi connectivity index (χ4v) is 2.82. The Morgan fingerprint density at radius 3 is 2.46 bits per heavy atom. The highest BCUT2D eigenvalue weighted by Crippen LogP contribution is 2.38. The summed E-state index contributed by atoms with van der Waals surface area (Å²) in [5.74, 6) is 0.554. The molecule has 0 aromatic heterocycles. The van der Waals surface area contributed by atoms with Crippen LogP contribution in [0.5, 0.6) is 0 Å². The van der Waals surface area contributed by atoms with Gasteiger partial charge in [-0.05, 0) is 38.0 Å². The molecule has 1 nitrogen and oxygen atoms in total. The zero-order valence-electron chi connectivity index (χ0n) is 8.34. The minimum absolute atomic E-state index is 0.432. The molecule has 1 saturated carbocycles. The van der Waals surface area contributed by atoms with Crippen molar-refractivity contribution >= 4 is 0 Å². The average molecular weight is 180 g/mol. The van der Waals surface area contributed by atoms with E-state index in [1.807, 2.05) is 0 Å². The van der Waals surface area contributed by atoms with E-state index in [0.29, 0.717) is 5.92 Å². The van der Waals surface area contributed by atoms with Crippen molar-refractivity contribution in [3.05, 3.63) is 12.2 Å². The molecule has 0 aliphatic heterocycles. The molecule has 1 N–H and O–H groups in total. The lowest BCUT2D eigenvalue weighted by atomic mass is 9.73. The molecule has 0 radical (unpaired) electrons. The van der Waals surface area contributed by atoms with Gasteiger partial charge in [-0.1, -0.05) is 31.4 Å². The summed E-state index contributed by atoms with van der Waals surface area (Å²) >= 11 is 0. The molecule has 2 aliphatic carbocycles. The maximum atomic E-state index is 10.4. The van der Waals surface area contributed by atoms with Gasteiger partial charge in [0, 0.05) is 0 Å². The van der Waals surface area contributed by atoms with Crippen LogP contribution in [-0.2, 0) is 0 Å². The lowest BCUT2D eigenvalue weighted by Gasteiger charge is -2.38. The molecule has 1 fully saturated rings. The van der Waals surface area contributed by atoms with E-state index in [1.165, 1.54) is 38.5 Å². The summed E-state index contributed by atoms with van der Waals surface area (Å²) in [7, 11) is 0. The van der Waals surface area contributed by atoms with Crippen LogP contribution in [0.2, 0.25) is 0 Å². The van der Waals surface area contributed by atoms with Crippen molar-refractivity contribution in [1.29, 1.82) is 0 Å². The van der Waals surface area contributed by atoms with Crippen LogP contribution in [0.4, 0.5) is 0 Å². The maximum absolute atomic E-state index is 10.4. The van der Waals surface area contributed by atoms with Crippen molar-refractivity contribution in [3.8, 4) is 0 Å². The second kappa shape index (κ2) is 3.83. The van der Waals surface area contributed by atoms with Gasteiger partial charge in [-0.15, -0.1) is 0 Å². The number of rotatable bonds is 1. The third-order valence-electron chi connectivity index (χ3n) is 3.67. The first-order chi connectivity index (χ1) is 6.31. The van der Waals surface area contributed by atoms with Crippen LogP contribution in [0.3, 0.4) is 0 Å². The molecule has 74 valence electrons. The van der Waals surface area contributed by atoms with Gasteiger partial charge in [0.2, 0.25) is 0 Å². The Balaban J connectivity index is 2.03. The summed E-state index contributed by atoms with van der Waals surface area (Å²) in [6.45, 7) is 0. The highest BCUT2D eigenvalue weighted by Gasteiger charge is 2.35. The average Bonchev–Trinajstić information content (AvgIpc) is 2.20. The van der Waals surface area contributed by atoms with Gasteiger partial charge in [0.1, 0.15) is 0 Å². The van der Waals surface area contributed by atoms with Gasteiger partial charge in [-0.2, -0.15) is 0 Å². The molecule has 0 bridgehead atoms. The Bertz CT molecular complexity index is 191. The standard InChI is InChI=1S/C12H20O/c13-12(9-5-2-6-10-12)11-7-3-1-4-8-11/h5,9,11,13H,1-4,6-8,10H2. The fourth-order valence-electron chi connectivity index (χ4n) is 2.82. The van der Waals surface area contributed by atoms with Crippen molar-refractivity contribution in [2.45, 2.75) is 57.0 Å². The lowest BCUT2D eigenvalue weighted by molar-refractivity contribution is -0.00159. The number of aliphatic hydroxyl groups is 1. The summed E-state index contributed by atoms with van der Waals surface area (Å²) in [4.78, 5) is 0. The minimum atomic E-state index is -0.432. The van der Waals surface area contributed by atoms with Gasteiger partial charge in [-0.3, -0.25) is 0 Å². The Morgan fingerprint density at radius 1 is 1.08 bits per heavy atom. The van der Waals surface area contributed by atoms with E-state index in [0.717, 1.165) is 12.8 Å². The topological polar surface area (TPSA) is 20.2 Å². The molecular weight excluding hydrogens is 160 g/mol. The van der Waals surface area contributed by atoms with Crippen LogP contribution in [0.15, 0.2) is 12.2 Å². The second-order valence-corrected chi connectivity index (χ2v) is 4.62. The highest BCUT2D eigenvalue weighted by molar-refractivity contribution is 5.08. The van der Waals surface area contributed by atoms with E-state index in [4.69, 9.17) is 0 Å². The van der Waals surface area contributed by atoms with Crippen molar-refractivity contribution in [2.24, 2.45) is 5.92 Å². The zero-order chi connectivity index (χ0) is 9.15. The molecule has 0 aromatic rings. The van der Waals surface area contributed by atoms with Crippen LogP contribution in [0.25, 0.3) is 0 Å². The molecule has 2 rings (SSSR count). The summed E-state index contributed by atoms with van der Waals surface area (Å²) in [5, 5.41) is 10.4. The van der Waals surface area contributed by atoms with Crippen LogP contribution >= 0.6 is 0 Å². The smallest absolute Gasteiger partial charge is 0.0855 e. The van der Waals surface area contributed by atoms with E-state index < -0.39 is 5.60 Å². The number of hydrogen-bond donors (Lipinski definition) is 1. The van der Waals surface area contributed by atoms with Gasteiger partial charge in [0.25, 0.3) is 0 Å². The Labute approximate surface area is 80.8 Å². The van der Waals surface area contributed by atoms with Gasteiger partial charge in [0.15, 0.2) is 0 Å². The quantitative estimate of drug-likeness (QED) is 0.615. The Kier molecular flexibility index (Phi) is 2.73. The molecular formula is C12H20O. The summed E-state index contributed by atoms with van der Waals surface area (Å²) in [6, 6.07) is 0. The largest absolute Gasteiger partial charge is 0.386 e. The fraction of sp³-hybridized carbons (Fsp3) is 0.833. The summed E-state index contributed by atoms with van der Waals surface area (Å²) in [5.41, 5.74) is -0.432. The monoisotopic (exact) mass is 180 g/mol. The molecule has 0 heterocycles. The van der Waals surface area contributed by atoms with Crippen molar-refractivity contribution in [2.75, 3.05) is 0 Å². The number of allylic oxidation sites excluding steroid dienone is 1. The summed E-state index contributed by atoms with van der Waals surface area (Å²) in [6.07, 6.45) is 14.1. The predicted molar refractivity (Wildman–Crippen MR) is 54.5 cm³/mol. The molecule has 0 aromatic carbocycles. The van der Waals surface area contributed by atoms with Gasteiger partial charge in [-0.25, -0.2) is 0 Å². The van der Waals surface area contributed by atoms with Crippen LogP contribution in [0, 0.1) is 5.92 Å². The minimum Gasteiger partial charge on any atom is -0.386 e. The van der Waals surface area contributed by atoms with E-state index in [-0.39, 0.29) is 0 Å². The zero-order valence-corrected chi connectivity index (χ0v) is 8.34. The van der Waals surface area contributed by atoms with Crippen LogP contribution < -0.4 is 0 Å². The van der Waals surface area contributed by atoms with Crippen molar-refractivity contribution < 1.29 is 5.11 Å². The molecule has 1 heteroatoms. The normalized spacial score (nSPS) is 36.4. The molecule has 13 heavy (non-hydrogen) atoms. The molecule has 1 atom stereocenters. The Morgan fingerprint density at radius 2 is 1.85 bits per heavy atom. The van der Waals surface area contributed by atoms with Crippen LogP contribution in [0.1, 0.15) is 51.4 Å². The summed E-state index contributed by atoms with van der Waals surface area (Å²) < 4.78 is 0. The second-order valence-electron chi connectivity index (χ2n) is 4.62. The number of hydrogen-bond acceptors (Lipinski definition) is 1. The van der Waals surface area contributed by atoms with E-state index in [1.54, 1.807) is 0 Å². The SMILES string of the molecule is OC1(C2CCCCC2)C=CCCC1. The predicted octanol–water partition coefficient (Wildman–Crippen LogP) is 3.04. The van der Waals surface area contributed by atoms with Crippen molar-refractivity contribution in [3.63, 3.8) is 0 Å². The first-order valence-corrected chi connectivity index (χ1v) is 5.71. The van der Waals surface area contributed by atoms with Crippen LogP contribution in [-0.4, -0.2) is 10.7 Å². The van der Waals surface area contributed by atoms with E-state index >= 15 is 0 Å². The molecule has 0 amide bonds. The van der Waals surface area contributed by atoms with E-state index in [2.05, 4.69) is 12.2 Å². The third kappa shape index (κ3) is 1.96. The molecule has 1 unspecified atom stereocenters. The van der Waals surface area contributed by atoms with Crippen molar-refractivity contribution in [1.82, 2.24) is 0 Å². The maximum Gasteiger partial charge on any atom is 0.0855 e. The molecule has 0 saturated heterocycles. The first-order valence-electron chi connectivity index (χ1n) is 5.71. The van der Waals surface area contributed by atoms with Gasteiger partial charge < -0.3 is 5.11 Å². The van der Waals surface area contributed by atoms with E-state index in [9.17, 15) is 5.11 Å². The lowest BCUT2D eigenvalue weighted by Crippen LogP contribution is -2.38. The van der Waals surface area contributed by atoms with Gasteiger partial charge >= 0.3 is 0 Å². The first kappa shape index (κ1) is 9.26. The highest BCUT2D eigenvalue weighted by atomic mass is 16.3. The molecule has 0 spiro atoms. The Hall–Kier alpha value is -0.300. The molecule has 2 aliphatic rings. The van der Waals surface area contributed by atoms with Gasteiger partial charge in [0.05, 0.1) is 5.60 Å². The third-order valence-corrected chi connectivity index (χ3v) is 3.67.